The second-order valence-electron chi connectivity index (χ2n) is 3.26. The Morgan fingerprint density at radius 2 is 2.36 bits per heavy atom. The molecule has 72 valence electrons. The predicted molar refractivity (Wildman–Crippen MR) is 60.0 cm³/mol. The SMILES string of the molecule is Cc1nsc2c(CC(=N)N)cccc12. The Morgan fingerprint density at radius 1 is 1.57 bits per heavy atom. The number of amidine groups is 1. The quantitative estimate of drug-likeness (QED) is 0.582. The van der Waals surface area contributed by atoms with Crippen LogP contribution in [0.1, 0.15) is 11.3 Å². The molecule has 0 bridgehead atoms. The molecule has 0 radical (unpaired) electrons. The number of aromatic nitrogens is 1. The van der Waals surface area contributed by atoms with Crippen LogP contribution in [0.2, 0.25) is 0 Å². The fraction of sp³-hybridized carbons (Fsp3) is 0.200. The first-order valence-corrected chi connectivity index (χ1v) is 5.12. The van der Waals surface area contributed by atoms with Gasteiger partial charge in [0.25, 0.3) is 0 Å². The van der Waals surface area contributed by atoms with Gasteiger partial charge in [-0.1, -0.05) is 18.2 Å². The lowest BCUT2D eigenvalue weighted by Gasteiger charge is -2.00. The fourth-order valence-corrected chi connectivity index (χ4v) is 2.38. The van der Waals surface area contributed by atoms with Crippen LogP contribution in [-0.2, 0) is 6.42 Å². The number of nitrogens with zero attached hydrogens (tertiary/aromatic N) is 1. The molecule has 14 heavy (non-hydrogen) atoms. The standard InChI is InChI=1S/C10H11N3S/c1-6-8-4-2-3-7(5-9(11)12)10(8)14-13-6/h2-4H,5H2,1H3,(H3,11,12). The summed E-state index contributed by atoms with van der Waals surface area (Å²) in [6.07, 6.45) is 0.513. The number of aryl methyl sites for hydroxylation is 1. The van der Waals surface area contributed by atoms with Crippen molar-refractivity contribution < 1.29 is 0 Å². The van der Waals surface area contributed by atoms with Crippen molar-refractivity contribution in [3.63, 3.8) is 0 Å². The van der Waals surface area contributed by atoms with E-state index in [2.05, 4.69) is 10.4 Å². The average Bonchev–Trinajstić information content (AvgIpc) is 2.49. The second kappa shape index (κ2) is 3.38. The van der Waals surface area contributed by atoms with Crippen molar-refractivity contribution in [1.82, 2.24) is 4.37 Å². The van der Waals surface area contributed by atoms with Gasteiger partial charge in [0.2, 0.25) is 0 Å². The normalized spacial score (nSPS) is 10.6. The Bertz CT molecular complexity index is 487. The van der Waals surface area contributed by atoms with Crippen molar-refractivity contribution in [2.75, 3.05) is 0 Å². The molecule has 0 saturated carbocycles. The molecule has 0 atom stereocenters. The van der Waals surface area contributed by atoms with Crippen LogP contribution < -0.4 is 5.73 Å². The van der Waals surface area contributed by atoms with Crippen LogP contribution in [0.3, 0.4) is 0 Å². The maximum Gasteiger partial charge on any atom is 0.0950 e. The third-order valence-electron chi connectivity index (χ3n) is 2.14. The van der Waals surface area contributed by atoms with Gasteiger partial charge in [-0.3, -0.25) is 5.41 Å². The topological polar surface area (TPSA) is 62.8 Å². The molecule has 1 aromatic carbocycles. The molecule has 0 spiro atoms. The highest BCUT2D eigenvalue weighted by Gasteiger charge is 2.06. The highest BCUT2D eigenvalue weighted by atomic mass is 32.1. The molecule has 0 aliphatic heterocycles. The number of nitrogens with one attached hydrogen (secondary N) is 1. The van der Waals surface area contributed by atoms with E-state index in [0.29, 0.717) is 6.42 Å². The summed E-state index contributed by atoms with van der Waals surface area (Å²) in [6.45, 7) is 2.00. The van der Waals surface area contributed by atoms with Gasteiger partial charge in [0, 0.05) is 11.8 Å². The van der Waals surface area contributed by atoms with E-state index in [1.807, 2.05) is 19.1 Å². The molecule has 0 aliphatic rings. The van der Waals surface area contributed by atoms with E-state index in [-0.39, 0.29) is 5.84 Å². The van der Waals surface area contributed by atoms with E-state index in [1.54, 1.807) is 0 Å². The molecule has 1 aromatic heterocycles. The number of benzene rings is 1. The molecule has 0 saturated heterocycles. The molecule has 3 N–H and O–H groups in total. The van der Waals surface area contributed by atoms with E-state index in [1.165, 1.54) is 16.9 Å². The van der Waals surface area contributed by atoms with Gasteiger partial charge >= 0.3 is 0 Å². The highest BCUT2D eigenvalue weighted by molar-refractivity contribution is 7.13. The number of hydrogen-bond acceptors (Lipinski definition) is 3. The second-order valence-corrected chi connectivity index (χ2v) is 4.04. The van der Waals surface area contributed by atoms with Gasteiger partial charge in [0.1, 0.15) is 0 Å². The molecule has 2 rings (SSSR count). The Balaban J connectivity index is 2.59. The third-order valence-corrected chi connectivity index (χ3v) is 3.17. The van der Waals surface area contributed by atoms with Gasteiger partial charge in [-0.15, -0.1) is 0 Å². The van der Waals surface area contributed by atoms with E-state index >= 15 is 0 Å². The Labute approximate surface area is 86.2 Å². The molecular formula is C10H11N3S. The first-order chi connectivity index (χ1) is 6.68. The Hall–Kier alpha value is -1.42. The number of rotatable bonds is 2. The predicted octanol–water partition coefficient (Wildman–Crippen LogP) is 2.08. The Kier molecular flexibility index (Phi) is 2.21. The minimum atomic E-state index is 0.198. The summed E-state index contributed by atoms with van der Waals surface area (Å²) in [5.74, 6) is 0.198. The minimum absolute atomic E-state index is 0.198. The molecular weight excluding hydrogens is 194 g/mol. The largest absolute Gasteiger partial charge is 0.387 e. The molecule has 4 heteroatoms. The first kappa shape index (κ1) is 9.15. The number of hydrogen-bond donors (Lipinski definition) is 2. The summed E-state index contributed by atoms with van der Waals surface area (Å²) in [6, 6.07) is 6.04. The van der Waals surface area contributed by atoms with Crippen LogP contribution in [0.15, 0.2) is 18.2 Å². The summed E-state index contributed by atoms with van der Waals surface area (Å²) in [5.41, 5.74) is 7.54. The lowest BCUT2D eigenvalue weighted by Crippen LogP contribution is -2.12. The minimum Gasteiger partial charge on any atom is -0.387 e. The summed E-state index contributed by atoms with van der Waals surface area (Å²) in [4.78, 5) is 0. The molecule has 2 aromatic rings. The van der Waals surface area contributed by atoms with E-state index in [0.717, 1.165) is 16.0 Å². The third kappa shape index (κ3) is 1.48. The van der Waals surface area contributed by atoms with Gasteiger partial charge < -0.3 is 5.73 Å². The zero-order chi connectivity index (χ0) is 10.1. The van der Waals surface area contributed by atoms with Gasteiger partial charge in [-0.2, -0.15) is 4.37 Å². The summed E-state index contributed by atoms with van der Waals surface area (Å²) >= 11 is 1.48. The van der Waals surface area contributed by atoms with Gasteiger partial charge in [0.05, 0.1) is 16.2 Å². The first-order valence-electron chi connectivity index (χ1n) is 4.35. The van der Waals surface area contributed by atoms with Crippen LogP contribution in [0.5, 0.6) is 0 Å². The monoisotopic (exact) mass is 205 g/mol. The molecule has 1 heterocycles. The smallest absolute Gasteiger partial charge is 0.0950 e. The van der Waals surface area contributed by atoms with Crippen LogP contribution in [-0.4, -0.2) is 10.2 Å². The molecule has 3 nitrogen and oxygen atoms in total. The van der Waals surface area contributed by atoms with Crippen LogP contribution in [0.4, 0.5) is 0 Å². The maximum absolute atomic E-state index is 7.28. The molecule has 0 unspecified atom stereocenters. The molecule has 0 aliphatic carbocycles. The zero-order valence-electron chi connectivity index (χ0n) is 7.87. The molecule has 0 fully saturated rings. The summed E-state index contributed by atoms with van der Waals surface area (Å²) in [5, 5.41) is 8.45. The van der Waals surface area contributed by atoms with Crippen molar-refractivity contribution in [3.05, 3.63) is 29.5 Å². The molecule has 0 amide bonds. The van der Waals surface area contributed by atoms with Crippen LogP contribution in [0, 0.1) is 12.3 Å². The van der Waals surface area contributed by atoms with E-state index in [9.17, 15) is 0 Å². The number of fused-ring (bicyclic) bond motifs is 1. The summed E-state index contributed by atoms with van der Waals surface area (Å²) in [7, 11) is 0. The van der Waals surface area contributed by atoms with Gasteiger partial charge in [0.15, 0.2) is 0 Å². The van der Waals surface area contributed by atoms with E-state index in [4.69, 9.17) is 11.1 Å². The van der Waals surface area contributed by atoms with Crippen molar-refractivity contribution in [3.8, 4) is 0 Å². The number of nitrogens with two attached hydrogens (primary N) is 1. The Morgan fingerprint density at radius 3 is 3.07 bits per heavy atom. The van der Waals surface area contributed by atoms with E-state index < -0.39 is 0 Å². The summed E-state index contributed by atoms with van der Waals surface area (Å²) < 4.78 is 5.45. The van der Waals surface area contributed by atoms with Crippen molar-refractivity contribution in [2.45, 2.75) is 13.3 Å². The van der Waals surface area contributed by atoms with Crippen LogP contribution in [0.25, 0.3) is 10.1 Å². The maximum atomic E-state index is 7.28. The zero-order valence-corrected chi connectivity index (χ0v) is 8.69. The van der Waals surface area contributed by atoms with Crippen molar-refractivity contribution >= 4 is 27.5 Å². The van der Waals surface area contributed by atoms with Crippen molar-refractivity contribution in [2.24, 2.45) is 5.73 Å². The fourth-order valence-electron chi connectivity index (χ4n) is 1.49. The lowest BCUT2D eigenvalue weighted by atomic mass is 10.1. The van der Waals surface area contributed by atoms with Crippen LogP contribution >= 0.6 is 11.5 Å². The highest BCUT2D eigenvalue weighted by Crippen LogP contribution is 2.25. The van der Waals surface area contributed by atoms with Gasteiger partial charge in [-0.25, -0.2) is 0 Å². The van der Waals surface area contributed by atoms with Crippen molar-refractivity contribution in [1.29, 1.82) is 5.41 Å². The average molecular weight is 205 g/mol. The van der Waals surface area contributed by atoms with Gasteiger partial charge in [-0.05, 0) is 24.0 Å². The lowest BCUT2D eigenvalue weighted by molar-refractivity contribution is 1.27.